The smallest absolute Gasteiger partial charge is 0.255 e. The van der Waals surface area contributed by atoms with Gasteiger partial charge in [0, 0.05) is 36.5 Å². The molecule has 3 rings (SSSR count). The van der Waals surface area contributed by atoms with E-state index in [2.05, 4.69) is 26.2 Å². The SMILES string of the molecule is O=C(c1ccc(F)cc1Br)N1CCNCC1c1cccnc1. The second kappa shape index (κ2) is 6.54. The molecule has 2 heterocycles. The summed E-state index contributed by atoms with van der Waals surface area (Å²) in [6, 6.07) is 7.88. The number of carbonyl (C=O) groups excluding carboxylic acids is 1. The van der Waals surface area contributed by atoms with Crippen molar-refractivity contribution < 1.29 is 9.18 Å². The van der Waals surface area contributed by atoms with Crippen molar-refractivity contribution in [2.24, 2.45) is 0 Å². The maximum Gasteiger partial charge on any atom is 0.255 e. The molecule has 1 fully saturated rings. The molecule has 4 nitrogen and oxygen atoms in total. The number of amides is 1. The van der Waals surface area contributed by atoms with Gasteiger partial charge in [-0.2, -0.15) is 0 Å². The van der Waals surface area contributed by atoms with Gasteiger partial charge in [-0.1, -0.05) is 6.07 Å². The van der Waals surface area contributed by atoms with Gasteiger partial charge in [-0.15, -0.1) is 0 Å². The summed E-state index contributed by atoms with van der Waals surface area (Å²) in [5.41, 5.74) is 1.46. The van der Waals surface area contributed by atoms with Crippen LogP contribution in [0.15, 0.2) is 47.2 Å². The lowest BCUT2D eigenvalue weighted by atomic mass is 10.0. The average Bonchev–Trinajstić information content (AvgIpc) is 2.55. The van der Waals surface area contributed by atoms with Crippen LogP contribution in [0, 0.1) is 5.82 Å². The maximum atomic E-state index is 13.2. The van der Waals surface area contributed by atoms with Crippen LogP contribution in [0.25, 0.3) is 0 Å². The van der Waals surface area contributed by atoms with E-state index in [0.717, 1.165) is 12.1 Å². The Kier molecular flexibility index (Phi) is 4.49. The van der Waals surface area contributed by atoms with Gasteiger partial charge in [-0.3, -0.25) is 9.78 Å². The molecule has 1 amide bonds. The predicted octanol–water partition coefficient (Wildman–Crippen LogP) is 2.77. The molecule has 6 heteroatoms. The first-order valence-electron chi connectivity index (χ1n) is 7.03. The zero-order valence-corrected chi connectivity index (χ0v) is 13.4. The van der Waals surface area contributed by atoms with Gasteiger partial charge in [0.25, 0.3) is 5.91 Å². The van der Waals surface area contributed by atoms with E-state index < -0.39 is 0 Å². The van der Waals surface area contributed by atoms with Crippen LogP contribution < -0.4 is 5.32 Å². The summed E-state index contributed by atoms with van der Waals surface area (Å²) in [5, 5.41) is 3.30. The van der Waals surface area contributed by atoms with Gasteiger partial charge >= 0.3 is 0 Å². The van der Waals surface area contributed by atoms with E-state index in [-0.39, 0.29) is 17.8 Å². The van der Waals surface area contributed by atoms with E-state index in [9.17, 15) is 9.18 Å². The molecule has 1 atom stereocenters. The minimum Gasteiger partial charge on any atom is -0.329 e. The van der Waals surface area contributed by atoms with Crippen LogP contribution in [0.3, 0.4) is 0 Å². The summed E-state index contributed by atoms with van der Waals surface area (Å²) in [7, 11) is 0. The summed E-state index contributed by atoms with van der Waals surface area (Å²) >= 11 is 3.28. The third-order valence-corrected chi connectivity index (χ3v) is 4.39. The predicted molar refractivity (Wildman–Crippen MR) is 85.0 cm³/mol. The molecule has 1 unspecified atom stereocenters. The second-order valence-electron chi connectivity index (χ2n) is 5.13. The normalized spacial score (nSPS) is 18.3. The molecule has 1 aliphatic heterocycles. The molecule has 1 N–H and O–H groups in total. The van der Waals surface area contributed by atoms with Crippen molar-refractivity contribution in [3.05, 3.63) is 64.1 Å². The summed E-state index contributed by atoms with van der Waals surface area (Å²) in [4.78, 5) is 18.8. The van der Waals surface area contributed by atoms with Crippen molar-refractivity contribution in [3.63, 3.8) is 0 Å². The largest absolute Gasteiger partial charge is 0.329 e. The van der Waals surface area contributed by atoms with Crippen LogP contribution in [0.2, 0.25) is 0 Å². The molecule has 114 valence electrons. The van der Waals surface area contributed by atoms with E-state index >= 15 is 0 Å². The third-order valence-electron chi connectivity index (χ3n) is 3.73. The average molecular weight is 364 g/mol. The molecule has 1 saturated heterocycles. The summed E-state index contributed by atoms with van der Waals surface area (Å²) < 4.78 is 13.7. The number of nitrogens with zero attached hydrogens (tertiary/aromatic N) is 2. The number of benzene rings is 1. The zero-order valence-electron chi connectivity index (χ0n) is 11.8. The highest BCUT2D eigenvalue weighted by Crippen LogP contribution is 2.26. The number of piperazine rings is 1. The van der Waals surface area contributed by atoms with Crippen molar-refractivity contribution in [3.8, 4) is 0 Å². The van der Waals surface area contributed by atoms with Crippen LogP contribution in [0.4, 0.5) is 4.39 Å². The molecular formula is C16H15BrFN3O. The topological polar surface area (TPSA) is 45.2 Å². The van der Waals surface area contributed by atoms with Gasteiger partial charge in [0.2, 0.25) is 0 Å². The quantitative estimate of drug-likeness (QED) is 0.892. The number of hydrogen-bond acceptors (Lipinski definition) is 3. The number of nitrogens with one attached hydrogen (secondary N) is 1. The van der Waals surface area contributed by atoms with Crippen LogP contribution in [-0.4, -0.2) is 35.4 Å². The van der Waals surface area contributed by atoms with Gasteiger partial charge < -0.3 is 10.2 Å². The van der Waals surface area contributed by atoms with Crippen molar-refractivity contribution in [1.29, 1.82) is 0 Å². The Labute approximate surface area is 136 Å². The molecule has 22 heavy (non-hydrogen) atoms. The maximum absolute atomic E-state index is 13.2. The number of rotatable bonds is 2. The zero-order chi connectivity index (χ0) is 15.5. The van der Waals surface area contributed by atoms with Crippen LogP contribution in [-0.2, 0) is 0 Å². The molecule has 0 radical (unpaired) electrons. The Hall–Kier alpha value is -1.79. The van der Waals surface area contributed by atoms with Crippen LogP contribution in [0.1, 0.15) is 22.0 Å². The van der Waals surface area contributed by atoms with Crippen molar-refractivity contribution in [1.82, 2.24) is 15.2 Å². The summed E-state index contributed by atoms with van der Waals surface area (Å²) in [6.45, 7) is 2.01. The highest BCUT2D eigenvalue weighted by molar-refractivity contribution is 9.10. The van der Waals surface area contributed by atoms with Gasteiger partial charge in [-0.25, -0.2) is 4.39 Å². The Morgan fingerprint density at radius 3 is 3.00 bits per heavy atom. The number of hydrogen-bond donors (Lipinski definition) is 1. The molecule has 0 spiro atoms. The Bertz CT molecular complexity index is 680. The summed E-state index contributed by atoms with van der Waals surface area (Å²) in [6.07, 6.45) is 3.49. The molecular weight excluding hydrogens is 349 g/mol. The molecule has 0 aliphatic carbocycles. The molecule has 0 saturated carbocycles. The second-order valence-corrected chi connectivity index (χ2v) is 5.98. The van der Waals surface area contributed by atoms with E-state index in [4.69, 9.17) is 0 Å². The highest BCUT2D eigenvalue weighted by atomic mass is 79.9. The van der Waals surface area contributed by atoms with Crippen LogP contribution in [0.5, 0.6) is 0 Å². The number of carbonyl (C=O) groups is 1. The monoisotopic (exact) mass is 363 g/mol. The van der Waals surface area contributed by atoms with Crippen LogP contribution >= 0.6 is 15.9 Å². The van der Waals surface area contributed by atoms with E-state index in [1.54, 1.807) is 12.4 Å². The highest BCUT2D eigenvalue weighted by Gasteiger charge is 2.29. The van der Waals surface area contributed by atoms with Crippen molar-refractivity contribution in [2.45, 2.75) is 6.04 Å². The van der Waals surface area contributed by atoms with Gasteiger partial charge in [0.1, 0.15) is 5.82 Å². The first kappa shape index (κ1) is 15.1. The first-order chi connectivity index (χ1) is 10.7. The fourth-order valence-corrected chi connectivity index (χ4v) is 3.16. The van der Waals surface area contributed by atoms with Crippen molar-refractivity contribution in [2.75, 3.05) is 19.6 Å². The fourth-order valence-electron chi connectivity index (χ4n) is 2.64. The van der Waals surface area contributed by atoms with Gasteiger partial charge in [0.15, 0.2) is 0 Å². The first-order valence-corrected chi connectivity index (χ1v) is 7.83. The minimum atomic E-state index is -0.368. The van der Waals surface area contributed by atoms with E-state index in [1.165, 1.54) is 18.2 Å². The molecule has 2 aromatic rings. The lowest BCUT2D eigenvalue weighted by molar-refractivity contribution is 0.0633. The lowest BCUT2D eigenvalue weighted by Crippen LogP contribution is -2.48. The third kappa shape index (κ3) is 3.03. The molecule has 1 aromatic carbocycles. The Balaban J connectivity index is 1.92. The number of aromatic nitrogens is 1. The van der Waals surface area contributed by atoms with Gasteiger partial charge in [0.05, 0.1) is 11.6 Å². The lowest BCUT2D eigenvalue weighted by Gasteiger charge is -2.36. The van der Waals surface area contributed by atoms with E-state index in [0.29, 0.717) is 23.1 Å². The standard InChI is InChI=1S/C16H15BrFN3O/c17-14-8-12(18)3-4-13(14)16(22)21-7-6-20-10-15(21)11-2-1-5-19-9-11/h1-5,8-9,15,20H,6-7,10H2. The van der Waals surface area contributed by atoms with Crippen molar-refractivity contribution >= 4 is 21.8 Å². The fraction of sp³-hybridized carbons (Fsp3) is 0.250. The number of pyridine rings is 1. The van der Waals surface area contributed by atoms with E-state index in [1.807, 2.05) is 17.0 Å². The molecule has 1 aliphatic rings. The number of halogens is 2. The minimum absolute atomic E-state index is 0.0769. The Morgan fingerprint density at radius 1 is 1.41 bits per heavy atom. The molecule has 0 bridgehead atoms. The molecule has 1 aromatic heterocycles. The Morgan fingerprint density at radius 2 is 2.27 bits per heavy atom. The summed E-state index contributed by atoms with van der Waals surface area (Å²) in [5.74, 6) is -0.477. The van der Waals surface area contributed by atoms with Gasteiger partial charge in [-0.05, 0) is 45.8 Å².